The second-order valence-electron chi connectivity index (χ2n) is 4.84. The summed E-state index contributed by atoms with van der Waals surface area (Å²) in [5.41, 5.74) is 1.12. The fourth-order valence-electron chi connectivity index (χ4n) is 2.13. The Hall–Kier alpha value is -1.92. The Morgan fingerprint density at radius 2 is 2.04 bits per heavy atom. The molecule has 0 aromatic heterocycles. The van der Waals surface area contributed by atoms with Crippen molar-refractivity contribution >= 4 is 21.8 Å². The largest absolute Gasteiger partial charge is 0.497 e. The van der Waals surface area contributed by atoms with Gasteiger partial charge in [-0.25, -0.2) is 4.39 Å². The van der Waals surface area contributed by atoms with E-state index in [9.17, 15) is 9.18 Å². The van der Waals surface area contributed by atoms with Gasteiger partial charge >= 0.3 is 0 Å². The summed E-state index contributed by atoms with van der Waals surface area (Å²) in [6.45, 7) is 0.225. The first-order valence-corrected chi connectivity index (χ1v) is 7.74. The molecule has 0 saturated heterocycles. The van der Waals surface area contributed by atoms with Crippen molar-refractivity contribution in [3.05, 3.63) is 63.9 Å². The van der Waals surface area contributed by atoms with Gasteiger partial charge in [-0.15, -0.1) is 0 Å². The molecule has 0 fully saturated rings. The Kier molecular flexibility index (Phi) is 6.12. The van der Waals surface area contributed by atoms with Gasteiger partial charge in [-0.3, -0.25) is 4.79 Å². The van der Waals surface area contributed by atoms with Crippen LogP contribution in [0.1, 0.15) is 22.0 Å². The lowest BCUT2D eigenvalue weighted by atomic mass is 10.1. The van der Waals surface area contributed by atoms with Crippen molar-refractivity contribution in [1.29, 1.82) is 0 Å². The van der Waals surface area contributed by atoms with E-state index in [0.29, 0.717) is 21.3 Å². The summed E-state index contributed by atoms with van der Waals surface area (Å²) in [6, 6.07) is 11.3. The molecule has 0 heterocycles. The molecule has 2 aromatic carbocycles. The van der Waals surface area contributed by atoms with Crippen molar-refractivity contribution in [1.82, 2.24) is 5.32 Å². The highest BCUT2D eigenvalue weighted by Gasteiger charge is 2.16. The number of rotatable bonds is 6. The lowest BCUT2D eigenvalue weighted by molar-refractivity contribution is 0.0826. The van der Waals surface area contributed by atoms with Crippen LogP contribution in [0.15, 0.2) is 46.9 Å². The second-order valence-corrected chi connectivity index (χ2v) is 5.69. The minimum absolute atomic E-state index is 0.225. The van der Waals surface area contributed by atoms with E-state index in [1.165, 1.54) is 26.4 Å². The van der Waals surface area contributed by atoms with Gasteiger partial charge in [0, 0.05) is 18.1 Å². The Morgan fingerprint density at radius 1 is 1.26 bits per heavy atom. The van der Waals surface area contributed by atoms with Crippen molar-refractivity contribution in [2.45, 2.75) is 6.10 Å². The van der Waals surface area contributed by atoms with Crippen molar-refractivity contribution in [2.24, 2.45) is 0 Å². The maximum absolute atomic E-state index is 13.3. The molecule has 1 atom stereocenters. The summed E-state index contributed by atoms with van der Waals surface area (Å²) in [4.78, 5) is 12.3. The minimum Gasteiger partial charge on any atom is -0.497 e. The standard InChI is InChI=1S/C17H17BrFNO3/c1-22-13-6-7-15(18)14(9-13)17(21)20-10-16(23-2)11-4-3-5-12(19)8-11/h3-9,16H,10H2,1-2H3,(H,20,21)/t16-/m0/s1. The summed E-state index contributed by atoms with van der Waals surface area (Å²) in [5, 5.41) is 2.79. The topological polar surface area (TPSA) is 47.6 Å². The molecule has 0 spiro atoms. The predicted octanol–water partition coefficient (Wildman–Crippen LogP) is 3.71. The lowest BCUT2D eigenvalue weighted by Gasteiger charge is -2.17. The Morgan fingerprint density at radius 3 is 2.70 bits per heavy atom. The van der Waals surface area contributed by atoms with Crippen molar-refractivity contribution in [2.75, 3.05) is 20.8 Å². The third-order valence-electron chi connectivity index (χ3n) is 3.37. The van der Waals surface area contributed by atoms with Gasteiger partial charge in [0.15, 0.2) is 0 Å². The molecule has 23 heavy (non-hydrogen) atoms. The van der Waals surface area contributed by atoms with Crippen molar-refractivity contribution in [3.8, 4) is 5.75 Å². The number of benzene rings is 2. The van der Waals surface area contributed by atoms with E-state index in [1.54, 1.807) is 30.3 Å². The van der Waals surface area contributed by atoms with Crippen molar-refractivity contribution < 1.29 is 18.7 Å². The van der Waals surface area contributed by atoms with Gasteiger partial charge in [0.25, 0.3) is 5.91 Å². The number of nitrogens with one attached hydrogen (secondary N) is 1. The SMILES string of the molecule is COc1ccc(Br)c(C(=O)NC[C@H](OC)c2cccc(F)c2)c1. The van der Waals surface area contributed by atoms with Crippen LogP contribution >= 0.6 is 15.9 Å². The van der Waals surface area contributed by atoms with E-state index >= 15 is 0 Å². The zero-order chi connectivity index (χ0) is 16.8. The summed E-state index contributed by atoms with van der Waals surface area (Å²) in [6.07, 6.45) is -0.431. The van der Waals surface area contributed by atoms with E-state index in [1.807, 2.05) is 0 Å². The normalized spacial score (nSPS) is 11.8. The van der Waals surface area contributed by atoms with Gasteiger partial charge in [0.1, 0.15) is 11.6 Å². The average Bonchev–Trinajstić information content (AvgIpc) is 2.55. The average molecular weight is 382 g/mol. The van der Waals surface area contributed by atoms with Crippen LogP contribution in [0, 0.1) is 5.82 Å². The number of hydrogen-bond acceptors (Lipinski definition) is 3. The fraction of sp³-hybridized carbons (Fsp3) is 0.235. The summed E-state index contributed by atoms with van der Waals surface area (Å²) in [5.74, 6) is -0.0209. The number of halogens is 2. The number of hydrogen-bond donors (Lipinski definition) is 1. The molecule has 0 radical (unpaired) electrons. The highest BCUT2D eigenvalue weighted by Crippen LogP contribution is 2.23. The Bertz CT molecular complexity index is 693. The van der Waals surface area contributed by atoms with Crippen LogP contribution in [0.2, 0.25) is 0 Å². The first-order chi connectivity index (χ1) is 11.0. The van der Waals surface area contributed by atoms with Gasteiger partial charge in [0.2, 0.25) is 0 Å². The molecule has 0 saturated carbocycles. The molecular formula is C17H17BrFNO3. The van der Waals surface area contributed by atoms with Gasteiger partial charge in [0.05, 0.1) is 18.8 Å². The van der Waals surface area contributed by atoms with Gasteiger partial charge in [-0.1, -0.05) is 12.1 Å². The third-order valence-corrected chi connectivity index (χ3v) is 4.06. The van der Waals surface area contributed by atoms with Crippen LogP contribution in [0.4, 0.5) is 4.39 Å². The van der Waals surface area contributed by atoms with Crippen LogP contribution in [-0.4, -0.2) is 26.7 Å². The monoisotopic (exact) mass is 381 g/mol. The number of ether oxygens (including phenoxy) is 2. The maximum Gasteiger partial charge on any atom is 0.252 e. The van der Waals surface area contributed by atoms with E-state index in [-0.39, 0.29) is 18.3 Å². The first-order valence-electron chi connectivity index (χ1n) is 6.95. The Balaban J connectivity index is 2.08. The molecule has 0 aliphatic heterocycles. The Labute approximate surface area is 142 Å². The van der Waals surface area contributed by atoms with E-state index in [0.717, 1.165) is 0 Å². The summed E-state index contributed by atoms with van der Waals surface area (Å²) < 4.78 is 24.4. The molecular weight excluding hydrogens is 365 g/mol. The molecule has 6 heteroatoms. The van der Waals surface area contributed by atoms with Gasteiger partial charge < -0.3 is 14.8 Å². The molecule has 0 aliphatic rings. The fourth-order valence-corrected chi connectivity index (χ4v) is 2.56. The maximum atomic E-state index is 13.3. The van der Waals surface area contributed by atoms with Crippen LogP contribution in [-0.2, 0) is 4.74 Å². The van der Waals surface area contributed by atoms with Crippen LogP contribution in [0.3, 0.4) is 0 Å². The highest BCUT2D eigenvalue weighted by atomic mass is 79.9. The molecule has 2 rings (SSSR count). The second kappa shape index (κ2) is 8.08. The predicted molar refractivity (Wildman–Crippen MR) is 89.2 cm³/mol. The molecule has 1 N–H and O–H groups in total. The highest BCUT2D eigenvalue weighted by molar-refractivity contribution is 9.10. The quantitative estimate of drug-likeness (QED) is 0.829. The van der Waals surface area contributed by atoms with Gasteiger partial charge in [-0.05, 0) is 51.8 Å². The first kappa shape index (κ1) is 17.4. The molecule has 122 valence electrons. The van der Waals surface area contributed by atoms with Gasteiger partial charge in [-0.2, -0.15) is 0 Å². The van der Waals surface area contributed by atoms with E-state index in [2.05, 4.69) is 21.2 Å². The van der Waals surface area contributed by atoms with E-state index < -0.39 is 6.10 Å². The van der Waals surface area contributed by atoms with E-state index in [4.69, 9.17) is 9.47 Å². The van der Waals surface area contributed by atoms with Crippen molar-refractivity contribution in [3.63, 3.8) is 0 Å². The zero-order valence-electron chi connectivity index (χ0n) is 12.8. The molecule has 4 nitrogen and oxygen atoms in total. The summed E-state index contributed by atoms with van der Waals surface area (Å²) in [7, 11) is 3.05. The number of amides is 1. The molecule has 1 amide bonds. The smallest absolute Gasteiger partial charge is 0.252 e. The molecule has 0 aliphatic carbocycles. The lowest BCUT2D eigenvalue weighted by Crippen LogP contribution is -2.29. The number of carbonyl (C=O) groups is 1. The molecule has 2 aromatic rings. The zero-order valence-corrected chi connectivity index (χ0v) is 14.4. The minimum atomic E-state index is -0.431. The van der Waals surface area contributed by atoms with Crippen LogP contribution < -0.4 is 10.1 Å². The number of carbonyl (C=O) groups excluding carboxylic acids is 1. The summed E-state index contributed by atoms with van der Waals surface area (Å²) >= 11 is 3.34. The molecule has 0 unspecified atom stereocenters. The third kappa shape index (κ3) is 4.53. The number of methoxy groups -OCH3 is 2. The molecule has 0 bridgehead atoms. The van der Waals surface area contributed by atoms with Crippen LogP contribution in [0.25, 0.3) is 0 Å². The van der Waals surface area contributed by atoms with Crippen LogP contribution in [0.5, 0.6) is 5.75 Å².